The van der Waals surface area contributed by atoms with Gasteiger partial charge in [0.25, 0.3) is 0 Å². The van der Waals surface area contributed by atoms with Crippen molar-refractivity contribution in [3.05, 3.63) is 34.9 Å². The number of aryl methyl sites for hydroxylation is 1. The predicted octanol–water partition coefficient (Wildman–Crippen LogP) is 3.52. The van der Waals surface area contributed by atoms with Crippen LogP contribution in [0.25, 0.3) is 0 Å². The van der Waals surface area contributed by atoms with Gasteiger partial charge in [0.1, 0.15) is 0 Å². The van der Waals surface area contributed by atoms with E-state index in [4.69, 9.17) is 5.26 Å². The Morgan fingerprint density at radius 1 is 1.29 bits per heavy atom. The lowest BCUT2D eigenvalue weighted by atomic mass is 9.92. The van der Waals surface area contributed by atoms with Gasteiger partial charge in [0, 0.05) is 0 Å². The number of hydrogen-bond acceptors (Lipinski definition) is 1. The largest absolute Gasteiger partial charge is 0.192 e. The van der Waals surface area contributed by atoms with Crippen molar-refractivity contribution < 1.29 is 0 Å². The van der Waals surface area contributed by atoms with E-state index in [1.54, 1.807) is 0 Å². The fraction of sp³-hybridized carbons (Fsp3) is 0.462. The Balaban J connectivity index is 2.30. The zero-order valence-corrected chi connectivity index (χ0v) is 8.59. The Bertz CT molecular complexity index is 367. The molecule has 0 amide bonds. The molecule has 0 radical (unpaired) electrons. The first-order chi connectivity index (χ1) is 6.81. The Morgan fingerprint density at radius 3 is 2.57 bits per heavy atom. The molecule has 0 unspecified atom stereocenters. The minimum absolute atomic E-state index is 0.753. The molecular formula is C13H15N. The summed E-state index contributed by atoms with van der Waals surface area (Å²) >= 11 is 0. The minimum atomic E-state index is 0.753. The Kier molecular flexibility index (Phi) is 2.54. The highest BCUT2D eigenvalue weighted by molar-refractivity contribution is 5.39. The number of nitriles is 1. The summed E-state index contributed by atoms with van der Waals surface area (Å²) in [6, 6.07) is 8.28. The summed E-state index contributed by atoms with van der Waals surface area (Å²) < 4.78 is 0. The van der Waals surface area contributed by atoms with E-state index in [2.05, 4.69) is 19.1 Å². The van der Waals surface area contributed by atoms with Gasteiger partial charge >= 0.3 is 0 Å². The average molecular weight is 185 g/mol. The van der Waals surface area contributed by atoms with Crippen LogP contribution in [0.4, 0.5) is 0 Å². The molecule has 0 N–H and O–H groups in total. The van der Waals surface area contributed by atoms with Crippen molar-refractivity contribution >= 4 is 0 Å². The Hall–Kier alpha value is -1.29. The monoisotopic (exact) mass is 185 g/mol. The number of hydrogen-bond donors (Lipinski definition) is 0. The zero-order valence-electron chi connectivity index (χ0n) is 8.59. The molecule has 0 bridgehead atoms. The first-order valence-electron chi connectivity index (χ1n) is 5.32. The van der Waals surface area contributed by atoms with Crippen LogP contribution < -0.4 is 0 Å². The van der Waals surface area contributed by atoms with Gasteiger partial charge in [0.2, 0.25) is 0 Å². The zero-order chi connectivity index (χ0) is 9.97. The van der Waals surface area contributed by atoms with Crippen LogP contribution in [0.5, 0.6) is 0 Å². The molecule has 14 heavy (non-hydrogen) atoms. The standard InChI is InChI=1S/C13H15N/c1-10-8-11(9-14)6-7-13(10)12-4-2-3-5-12/h6-8,12H,2-5H2,1H3. The average Bonchev–Trinajstić information content (AvgIpc) is 2.70. The fourth-order valence-corrected chi connectivity index (χ4v) is 2.44. The van der Waals surface area contributed by atoms with E-state index in [-0.39, 0.29) is 0 Å². The van der Waals surface area contributed by atoms with Crippen LogP contribution in [-0.4, -0.2) is 0 Å². The van der Waals surface area contributed by atoms with Gasteiger partial charge < -0.3 is 0 Å². The van der Waals surface area contributed by atoms with Gasteiger partial charge in [-0.15, -0.1) is 0 Å². The molecule has 1 heteroatoms. The van der Waals surface area contributed by atoms with Gasteiger partial charge in [-0.3, -0.25) is 0 Å². The second kappa shape index (κ2) is 3.84. The lowest BCUT2D eigenvalue weighted by Gasteiger charge is -2.12. The number of rotatable bonds is 1. The van der Waals surface area contributed by atoms with Crippen LogP contribution >= 0.6 is 0 Å². The van der Waals surface area contributed by atoms with Crippen LogP contribution in [0.3, 0.4) is 0 Å². The quantitative estimate of drug-likeness (QED) is 0.656. The van der Waals surface area contributed by atoms with Gasteiger partial charge in [-0.2, -0.15) is 5.26 Å². The van der Waals surface area contributed by atoms with Crippen molar-refractivity contribution in [3.8, 4) is 6.07 Å². The van der Waals surface area contributed by atoms with E-state index in [0.717, 1.165) is 11.5 Å². The van der Waals surface area contributed by atoms with Crippen LogP contribution in [0, 0.1) is 18.3 Å². The van der Waals surface area contributed by atoms with Gasteiger partial charge in [-0.05, 0) is 48.9 Å². The highest BCUT2D eigenvalue weighted by Crippen LogP contribution is 2.35. The van der Waals surface area contributed by atoms with Gasteiger partial charge in [-0.1, -0.05) is 18.9 Å². The SMILES string of the molecule is Cc1cc(C#N)ccc1C1CCCC1. The van der Waals surface area contributed by atoms with E-state index >= 15 is 0 Å². The molecule has 0 aliphatic heterocycles. The summed E-state index contributed by atoms with van der Waals surface area (Å²) in [5, 5.41) is 8.77. The first-order valence-corrected chi connectivity index (χ1v) is 5.32. The van der Waals surface area contributed by atoms with Crippen LogP contribution in [0.15, 0.2) is 18.2 Å². The maximum absolute atomic E-state index is 8.77. The Labute approximate surface area is 85.4 Å². The third kappa shape index (κ3) is 1.65. The molecule has 1 aliphatic carbocycles. The van der Waals surface area contributed by atoms with E-state index in [1.165, 1.54) is 36.8 Å². The maximum atomic E-state index is 8.77. The van der Waals surface area contributed by atoms with Crippen molar-refractivity contribution in [2.24, 2.45) is 0 Å². The molecule has 0 heterocycles. The molecule has 2 rings (SSSR count). The molecule has 0 atom stereocenters. The van der Waals surface area contributed by atoms with Crippen molar-refractivity contribution in [3.63, 3.8) is 0 Å². The lowest BCUT2D eigenvalue weighted by molar-refractivity contribution is 0.718. The molecule has 1 aliphatic rings. The summed E-state index contributed by atoms with van der Waals surface area (Å²) in [5.41, 5.74) is 3.53. The van der Waals surface area contributed by atoms with Gasteiger partial charge in [0.05, 0.1) is 11.6 Å². The molecule has 0 saturated heterocycles. The van der Waals surface area contributed by atoms with E-state index in [0.29, 0.717) is 0 Å². The summed E-state index contributed by atoms with van der Waals surface area (Å²) in [4.78, 5) is 0. The van der Waals surface area contributed by atoms with Crippen molar-refractivity contribution in [1.29, 1.82) is 5.26 Å². The lowest BCUT2D eigenvalue weighted by Crippen LogP contribution is -1.96. The van der Waals surface area contributed by atoms with Crippen LogP contribution in [-0.2, 0) is 0 Å². The molecule has 1 fully saturated rings. The van der Waals surface area contributed by atoms with Gasteiger partial charge in [0.15, 0.2) is 0 Å². The summed E-state index contributed by atoms with van der Waals surface area (Å²) in [7, 11) is 0. The van der Waals surface area contributed by atoms with Crippen LogP contribution in [0.2, 0.25) is 0 Å². The molecule has 72 valence electrons. The number of benzene rings is 1. The smallest absolute Gasteiger partial charge is 0.0991 e. The third-order valence-corrected chi connectivity index (χ3v) is 3.19. The van der Waals surface area contributed by atoms with Gasteiger partial charge in [-0.25, -0.2) is 0 Å². The first kappa shape index (κ1) is 9.27. The molecule has 0 aromatic heterocycles. The normalized spacial score (nSPS) is 16.9. The minimum Gasteiger partial charge on any atom is -0.192 e. The summed E-state index contributed by atoms with van der Waals surface area (Å²) in [6.07, 6.45) is 5.38. The Morgan fingerprint density at radius 2 is 2.00 bits per heavy atom. The molecular weight excluding hydrogens is 170 g/mol. The maximum Gasteiger partial charge on any atom is 0.0991 e. The second-order valence-corrected chi connectivity index (χ2v) is 4.16. The molecule has 1 saturated carbocycles. The molecule has 1 aromatic rings. The summed E-state index contributed by atoms with van der Waals surface area (Å²) in [5.74, 6) is 0.753. The van der Waals surface area contributed by atoms with Crippen LogP contribution in [0.1, 0.15) is 48.3 Å². The fourth-order valence-electron chi connectivity index (χ4n) is 2.44. The van der Waals surface area contributed by atoms with E-state index in [1.807, 2.05) is 12.1 Å². The highest BCUT2D eigenvalue weighted by atomic mass is 14.3. The molecule has 1 nitrogen and oxygen atoms in total. The van der Waals surface area contributed by atoms with Crippen molar-refractivity contribution in [2.45, 2.75) is 38.5 Å². The highest BCUT2D eigenvalue weighted by Gasteiger charge is 2.18. The second-order valence-electron chi connectivity index (χ2n) is 4.16. The van der Waals surface area contributed by atoms with Crippen molar-refractivity contribution in [2.75, 3.05) is 0 Å². The molecule has 1 aromatic carbocycles. The summed E-state index contributed by atoms with van der Waals surface area (Å²) in [6.45, 7) is 2.12. The van der Waals surface area contributed by atoms with E-state index < -0.39 is 0 Å². The third-order valence-electron chi connectivity index (χ3n) is 3.19. The predicted molar refractivity (Wildman–Crippen MR) is 57.1 cm³/mol. The number of nitrogens with zero attached hydrogens (tertiary/aromatic N) is 1. The van der Waals surface area contributed by atoms with E-state index in [9.17, 15) is 0 Å². The van der Waals surface area contributed by atoms with Crippen molar-refractivity contribution in [1.82, 2.24) is 0 Å². The molecule has 0 spiro atoms. The topological polar surface area (TPSA) is 23.8 Å².